The largest absolute Gasteiger partial charge is 0.481 e. The summed E-state index contributed by atoms with van der Waals surface area (Å²) in [5.41, 5.74) is 1.49. The number of carbonyl (C=O) groups is 3. The van der Waals surface area contributed by atoms with E-state index in [0.29, 0.717) is 59.4 Å². The van der Waals surface area contributed by atoms with Crippen LogP contribution < -0.4 is 5.32 Å². The van der Waals surface area contributed by atoms with E-state index in [9.17, 15) is 14.4 Å². The van der Waals surface area contributed by atoms with Crippen molar-refractivity contribution >= 4 is 46.7 Å². The van der Waals surface area contributed by atoms with Crippen molar-refractivity contribution in [1.82, 2.24) is 10.2 Å². The minimum Gasteiger partial charge on any atom is -0.481 e. The van der Waals surface area contributed by atoms with Crippen LogP contribution in [0.15, 0.2) is 47.5 Å². The molecule has 2 N–H and O–H groups in total. The van der Waals surface area contributed by atoms with Gasteiger partial charge in [0.05, 0.1) is 25.7 Å². The van der Waals surface area contributed by atoms with Crippen molar-refractivity contribution in [3.8, 4) is 0 Å². The molecule has 10 heteroatoms. The summed E-state index contributed by atoms with van der Waals surface area (Å²) >= 11 is 12.5. The molecule has 0 unspecified atom stereocenters. The Kier molecular flexibility index (Phi) is 8.52. The van der Waals surface area contributed by atoms with Crippen LogP contribution in [-0.2, 0) is 14.3 Å². The Bertz CT molecular complexity index is 1190. The first-order valence-corrected chi connectivity index (χ1v) is 13.1. The third-order valence-electron chi connectivity index (χ3n) is 6.68. The zero-order valence-corrected chi connectivity index (χ0v) is 22.0. The van der Waals surface area contributed by atoms with Gasteiger partial charge in [0.15, 0.2) is 0 Å². The fourth-order valence-corrected chi connectivity index (χ4v) is 5.46. The smallest absolute Gasteiger partial charge is 0.305 e. The van der Waals surface area contributed by atoms with Gasteiger partial charge in [-0.3, -0.25) is 19.4 Å². The second-order valence-corrected chi connectivity index (χ2v) is 10.1. The minimum absolute atomic E-state index is 0.0505. The number of aliphatic imine (C=N–C) groups is 1. The number of carboxylic acids is 1. The molecule has 1 fully saturated rings. The van der Waals surface area contributed by atoms with Gasteiger partial charge in [0, 0.05) is 40.6 Å². The van der Waals surface area contributed by atoms with Crippen molar-refractivity contribution in [2.24, 2.45) is 4.99 Å². The third-order valence-corrected chi connectivity index (χ3v) is 7.11. The second kappa shape index (κ2) is 11.6. The van der Waals surface area contributed by atoms with Crippen LogP contribution >= 0.6 is 23.2 Å². The number of nitrogens with one attached hydrogen (secondary N) is 1. The summed E-state index contributed by atoms with van der Waals surface area (Å²) in [6, 6.07) is 11.8. The molecule has 0 radical (unpaired) electrons. The van der Waals surface area contributed by atoms with Crippen LogP contribution in [0.3, 0.4) is 0 Å². The molecule has 2 amide bonds. The number of nitrogens with zero attached hydrogens (tertiary/aromatic N) is 2. The standard InChI is InChI=1S/C27H29Cl2N3O5/c1-2-3-22(17-4-6-18(7-5-17)25(35)30-11-8-23(33)34)32-26(36)24(19-14-20(28)16-21(29)15-19)31-27(32)9-12-37-13-10-27/h4-7,14-16,22H,2-3,8-13H2,1H3,(H,30,35)(H,33,34)/t22-/m1/s1. The predicted molar refractivity (Wildman–Crippen MR) is 141 cm³/mol. The normalized spacial score (nSPS) is 17.5. The van der Waals surface area contributed by atoms with E-state index in [1.165, 1.54) is 0 Å². The first kappa shape index (κ1) is 27.1. The Morgan fingerprint density at radius 2 is 1.78 bits per heavy atom. The number of benzene rings is 2. The Balaban J connectivity index is 1.66. The van der Waals surface area contributed by atoms with Gasteiger partial charge in [-0.2, -0.15) is 0 Å². The molecule has 1 spiro atoms. The zero-order valence-electron chi connectivity index (χ0n) is 20.5. The van der Waals surface area contributed by atoms with Crippen LogP contribution in [0.4, 0.5) is 0 Å². The van der Waals surface area contributed by atoms with Crippen molar-refractivity contribution < 1.29 is 24.2 Å². The van der Waals surface area contributed by atoms with Gasteiger partial charge in [-0.1, -0.05) is 48.7 Å². The minimum atomic E-state index is -0.975. The van der Waals surface area contributed by atoms with Gasteiger partial charge in [0.2, 0.25) is 0 Å². The maximum atomic E-state index is 14.0. The van der Waals surface area contributed by atoms with E-state index < -0.39 is 11.6 Å². The highest BCUT2D eigenvalue weighted by molar-refractivity contribution is 6.47. The maximum Gasteiger partial charge on any atom is 0.305 e. The summed E-state index contributed by atoms with van der Waals surface area (Å²) in [6.07, 6.45) is 2.53. The monoisotopic (exact) mass is 545 g/mol. The van der Waals surface area contributed by atoms with Crippen LogP contribution in [0, 0.1) is 0 Å². The quantitative estimate of drug-likeness (QED) is 0.466. The average molecular weight is 546 g/mol. The molecule has 8 nitrogen and oxygen atoms in total. The molecule has 2 aromatic carbocycles. The van der Waals surface area contributed by atoms with Gasteiger partial charge in [-0.05, 0) is 42.3 Å². The number of hydrogen-bond donors (Lipinski definition) is 2. The molecule has 2 aliphatic heterocycles. The van der Waals surface area contributed by atoms with Crippen molar-refractivity contribution in [3.63, 3.8) is 0 Å². The van der Waals surface area contributed by atoms with Crippen LogP contribution in [0.5, 0.6) is 0 Å². The molecular formula is C27H29Cl2N3O5. The second-order valence-electron chi connectivity index (χ2n) is 9.21. The van der Waals surface area contributed by atoms with Crippen molar-refractivity contribution in [1.29, 1.82) is 0 Å². The predicted octanol–water partition coefficient (Wildman–Crippen LogP) is 4.88. The summed E-state index contributed by atoms with van der Waals surface area (Å²) in [4.78, 5) is 44.0. The number of rotatable bonds is 9. The average Bonchev–Trinajstić information content (AvgIpc) is 3.13. The fraction of sp³-hybridized carbons (Fsp3) is 0.407. The van der Waals surface area contributed by atoms with Gasteiger partial charge >= 0.3 is 5.97 Å². The van der Waals surface area contributed by atoms with E-state index in [2.05, 4.69) is 12.2 Å². The van der Waals surface area contributed by atoms with Crippen LogP contribution in [0.1, 0.15) is 66.6 Å². The molecule has 37 heavy (non-hydrogen) atoms. The lowest BCUT2D eigenvalue weighted by Crippen LogP contribution is -2.51. The molecule has 0 aliphatic carbocycles. The number of halogens is 2. The fourth-order valence-electron chi connectivity index (χ4n) is 4.93. The Morgan fingerprint density at radius 1 is 1.14 bits per heavy atom. The summed E-state index contributed by atoms with van der Waals surface area (Å²) in [7, 11) is 0. The van der Waals surface area contributed by atoms with Crippen molar-refractivity contribution in [2.45, 2.75) is 50.7 Å². The molecule has 2 aliphatic rings. The molecule has 1 atom stereocenters. The first-order chi connectivity index (χ1) is 17.7. The van der Waals surface area contributed by atoms with Gasteiger partial charge in [-0.15, -0.1) is 0 Å². The van der Waals surface area contributed by atoms with Crippen LogP contribution in [0.2, 0.25) is 10.0 Å². The molecule has 196 valence electrons. The van der Waals surface area contributed by atoms with Gasteiger partial charge in [-0.25, -0.2) is 0 Å². The van der Waals surface area contributed by atoms with Gasteiger partial charge < -0.3 is 20.1 Å². The van der Waals surface area contributed by atoms with E-state index in [4.69, 9.17) is 38.0 Å². The Hall–Kier alpha value is -2.94. The van der Waals surface area contributed by atoms with E-state index in [1.807, 2.05) is 17.0 Å². The molecule has 4 rings (SSSR count). The zero-order chi connectivity index (χ0) is 26.6. The highest BCUT2D eigenvalue weighted by Crippen LogP contribution is 2.43. The Morgan fingerprint density at radius 3 is 2.38 bits per heavy atom. The highest BCUT2D eigenvalue weighted by Gasteiger charge is 2.51. The lowest BCUT2D eigenvalue weighted by Gasteiger charge is -2.43. The summed E-state index contributed by atoms with van der Waals surface area (Å²) in [5, 5.41) is 12.2. The molecule has 2 aromatic rings. The lowest BCUT2D eigenvalue weighted by atomic mass is 9.92. The van der Waals surface area contributed by atoms with Crippen molar-refractivity contribution in [3.05, 3.63) is 69.2 Å². The molecule has 0 bridgehead atoms. The lowest BCUT2D eigenvalue weighted by molar-refractivity contribution is -0.137. The van der Waals surface area contributed by atoms with Gasteiger partial charge in [0.1, 0.15) is 11.4 Å². The molecule has 2 heterocycles. The summed E-state index contributed by atoms with van der Waals surface area (Å²) in [5.74, 6) is -1.51. The van der Waals surface area contributed by atoms with E-state index >= 15 is 0 Å². The van der Waals surface area contributed by atoms with Crippen molar-refractivity contribution in [2.75, 3.05) is 19.8 Å². The third kappa shape index (κ3) is 5.98. The van der Waals surface area contributed by atoms with Crippen LogP contribution in [0.25, 0.3) is 0 Å². The maximum absolute atomic E-state index is 14.0. The number of aliphatic carboxylic acids is 1. The molecule has 0 saturated carbocycles. The van der Waals surface area contributed by atoms with E-state index in [-0.39, 0.29) is 30.8 Å². The van der Waals surface area contributed by atoms with E-state index in [1.54, 1.807) is 30.3 Å². The first-order valence-electron chi connectivity index (χ1n) is 12.3. The number of carbonyl (C=O) groups excluding carboxylic acids is 2. The number of ether oxygens (including phenoxy) is 1. The molecule has 1 saturated heterocycles. The SMILES string of the molecule is CCC[C@H](c1ccc(C(=O)NCCC(=O)O)cc1)N1C(=O)C(c2cc(Cl)cc(Cl)c2)=NC12CCOCC2. The van der Waals surface area contributed by atoms with Crippen LogP contribution in [-0.4, -0.2) is 58.9 Å². The molecular weight excluding hydrogens is 517 g/mol. The number of hydrogen-bond acceptors (Lipinski definition) is 5. The van der Waals surface area contributed by atoms with Gasteiger partial charge in [0.25, 0.3) is 11.8 Å². The number of amides is 2. The Labute approximate surface area is 225 Å². The van der Waals surface area contributed by atoms with E-state index in [0.717, 1.165) is 12.0 Å². The summed E-state index contributed by atoms with van der Waals surface area (Å²) in [6.45, 7) is 3.10. The summed E-state index contributed by atoms with van der Waals surface area (Å²) < 4.78 is 5.62. The number of carboxylic acid groups (broad SMARTS) is 1. The molecule has 0 aromatic heterocycles. The highest BCUT2D eigenvalue weighted by atomic mass is 35.5. The topological polar surface area (TPSA) is 108 Å².